The van der Waals surface area contributed by atoms with Crippen molar-refractivity contribution in [2.75, 3.05) is 0 Å². The van der Waals surface area contributed by atoms with E-state index in [1.165, 1.54) is 19.3 Å². The average Bonchev–Trinajstić information content (AvgIpc) is 2.30. The van der Waals surface area contributed by atoms with Gasteiger partial charge >= 0.3 is 145 Å². The molecule has 0 bridgehead atoms. The molecule has 0 saturated carbocycles. The van der Waals surface area contributed by atoms with Crippen LogP contribution in [-0.2, 0) is 3.76 Å². The average molecular weight is 432 g/mol. The summed E-state index contributed by atoms with van der Waals surface area (Å²) in [6.07, 6.45) is 4.07. The second kappa shape index (κ2) is 6.75. The fourth-order valence-corrected chi connectivity index (χ4v) is 89.5. The van der Waals surface area contributed by atoms with Crippen LogP contribution in [0.5, 0.6) is 0 Å². The van der Waals surface area contributed by atoms with E-state index in [0.717, 1.165) is 0 Å². The normalized spacial score (nSPS) is 24.3. The fourth-order valence-electron chi connectivity index (χ4n) is 6.00. The topological polar surface area (TPSA) is 9.23 Å². The third-order valence-electron chi connectivity index (χ3n) is 5.95. The quantitative estimate of drug-likeness (QED) is 0.432. The summed E-state index contributed by atoms with van der Waals surface area (Å²) in [7, 11) is 0. The molecular formula is C19H42Ge2O. The van der Waals surface area contributed by atoms with Crippen LogP contribution >= 0.6 is 0 Å². The molecule has 0 N–H and O–H groups in total. The molecule has 0 atom stereocenters. The Morgan fingerprint density at radius 3 is 1.59 bits per heavy atom. The van der Waals surface area contributed by atoms with Gasteiger partial charge in [0.15, 0.2) is 0 Å². The Morgan fingerprint density at radius 2 is 1.27 bits per heavy atom. The predicted octanol–water partition coefficient (Wildman–Crippen LogP) is 7.08. The summed E-state index contributed by atoms with van der Waals surface area (Å²) in [5, 5.41) is 4.68. The molecule has 132 valence electrons. The molecule has 0 amide bonds. The van der Waals surface area contributed by atoms with Crippen LogP contribution in [0.4, 0.5) is 0 Å². The summed E-state index contributed by atoms with van der Waals surface area (Å²) < 4.78 is 8.16. The van der Waals surface area contributed by atoms with Gasteiger partial charge in [-0.05, 0) is 0 Å². The molecule has 22 heavy (non-hydrogen) atoms. The van der Waals surface area contributed by atoms with Gasteiger partial charge in [0, 0.05) is 0 Å². The zero-order chi connectivity index (χ0) is 17.4. The molecule has 1 rings (SSSR count). The Morgan fingerprint density at radius 1 is 0.864 bits per heavy atom. The standard InChI is InChI=1S/C19H42Ge2O/c1-11-14-20(15-12-2)16-13-19(9,10)22-21(20,17(3,4)5)18(6,7)8/h11-16H2,1-10H3. The zero-order valence-corrected chi connectivity index (χ0v) is 21.3. The van der Waals surface area contributed by atoms with Gasteiger partial charge in [-0.25, -0.2) is 0 Å². The van der Waals surface area contributed by atoms with Crippen LogP contribution in [0.2, 0.25) is 24.3 Å². The second-order valence-corrected chi connectivity index (χ2v) is 47.7. The molecule has 1 saturated heterocycles. The monoisotopic (exact) mass is 434 g/mol. The summed E-state index contributed by atoms with van der Waals surface area (Å²) in [6, 6.07) is 0. The Labute approximate surface area is 144 Å². The van der Waals surface area contributed by atoms with Gasteiger partial charge in [0.2, 0.25) is 0 Å². The molecule has 1 aliphatic heterocycles. The van der Waals surface area contributed by atoms with Crippen molar-refractivity contribution in [1.29, 1.82) is 0 Å². The van der Waals surface area contributed by atoms with Gasteiger partial charge < -0.3 is 0 Å². The molecule has 0 aromatic rings. The first kappa shape index (κ1) is 21.1. The van der Waals surface area contributed by atoms with Crippen molar-refractivity contribution in [3.8, 4) is 0 Å². The van der Waals surface area contributed by atoms with Crippen LogP contribution < -0.4 is 0 Å². The Balaban J connectivity index is 3.63. The summed E-state index contributed by atoms with van der Waals surface area (Å²) in [5.41, 5.74) is 0.108. The molecule has 0 aliphatic carbocycles. The van der Waals surface area contributed by atoms with E-state index in [2.05, 4.69) is 69.2 Å². The molecule has 1 aliphatic rings. The van der Waals surface area contributed by atoms with Crippen LogP contribution in [0, 0.1) is 0 Å². The van der Waals surface area contributed by atoms with Crippen LogP contribution in [0.25, 0.3) is 0 Å². The van der Waals surface area contributed by atoms with Crippen molar-refractivity contribution in [2.45, 2.75) is 118 Å². The van der Waals surface area contributed by atoms with Crippen molar-refractivity contribution in [2.24, 2.45) is 0 Å². The van der Waals surface area contributed by atoms with Crippen molar-refractivity contribution < 1.29 is 3.76 Å². The van der Waals surface area contributed by atoms with E-state index < -0.39 is 22.9 Å². The summed E-state index contributed by atoms with van der Waals surface area (Å²) in [4.78, 5) is 0. The van der Waals surface area contributed by atoms with Crippen LogP contribution in [0.1, 0.15) is 88.5 Å². The number of hydrogen-bond acceptors (Lipinski definition) is 1. The zero-order valence-electron chi connectivity index (χ0n) is 17.2. The number of rotatable bonds is 4. The van der Waals surface area contributed by atoms with Gasteiger partial charge in [-0.1, -0.05) is 0 Å². The van der Waals surface area contributed by atoms with E-state index in [0.29, 0.717) is 8.49 Å². The third kappa shape index (κ3) is 3.52. The van der Waals surface area contributed by atoms with Crippen molar-refractivity contribution in [1.82, 2.24) is 0 Å². The fraction of sp³-hybridized carbons (Fsp3) is 1.00. The van der Waals surface area contributed by atoms with Crippen molar-refractivity contribution in [3.05, 3.63) is 0 Å². The molecule has 1 nitrogen and oxygen atoms in total. The van der Waals surface area contributed by atoms with E-state index in [1.54, 1.807) is 15.8 Å². The summed E-state index contributed by atoms with van der Waals surface area (Å²) >= 11 is -4.54. The number of hydrogen-bond donors (Lipinski definition) is 0. The van der Waals surface area contributed by atoms with Gasteiger partial charge in [0.05, 0.1) is 0 Å². The minimum atomic E-state index is -2.54. The first-order valence-corrected chi connectivity index (χ1v) is 23.4. The van der Waals surface area contributed by atoms with Gasteiger partial charge in [-0.3, -0.25) is 0 Å². The van der Waals surface area contributed by atoms with E-state index in [4.69, 9.17) is 3.76 Å². The van der Waals surface area contributed by atoms with Gasteiger partial charge in [0.25, 0.3) is 0 Å². The van der Waals surface area contributed by atoms with E-state index in [1.807, 2.05) is 0 Å². The van der Waals surface area contributed by atoms with Crippen LogP contribution in [0.15, 0.2) is 0 Å². The molecule has 1 fully saturated rings. The second-order valence-electron chi connectivity index (χ2n) is 10.3. The Bertz CT molecular complexity index is 354. The molecule has 0 spiro atoms. The maximum atomic E-state index is 7.38. The van der Waals surface area contributed by atoms with Crippen LogP contribution in [0.3, 0.4) is 0 Å². The summed E-state index contributed by atoms with van der Waals surface area (Å²) in [6.45, 7) is 24.8. The molecule has 0 unspecified atom stereocenters. The molecule has 0 aromatic heterocycles. The van der Waals surface area contributed by atoms with E-state index in [9.17, 15) is 0 Å². The molecule has 0 aromatic carbocycles. The SMILES string of the molecule is CC[CH2][Ge]1([CH2]CC)[CH2]CC(C)(C)[O][Ge]1([C](C)(C)C)[C](C)(C)C. The first-order valence-electron chi connectivity index (χ1n) is 9.49. The molecular weight excluding hydrogens is 389 g/mol. The van der Waals surface area contributed by atoms with Crippen LogP contribution in [-0.4, -0.2) is 28.5 Å². The Hall–Kier alpha value is 1.05. The van der Waals surface area contributed by atoms with Crippen molar-refractivity contribution >= 4 is 22.9 Å². The minimum absolute atomic E-state index is 0.108. The molecule has 1 heterocycles. The van der Waals surface area contributed by atoms with Crippen molar-refractivity contribution in [3.63, 3.8) is 0 Å². The van der Waals surface area contributed by atoms with Gasteiger partial charge in [0.1, 0.15) is 0 Å². The maximum absolute atomic E-state index is 7.38. The Kier molecular flexibility index (Phi) is 6.47. The summed E-state index contributed by atoms with van der Waals surface area (Å²) in [5.74, 6) is 0. The van der Waals surface area contributed by atoms with E-state index in [-0.39, 0.29) is 5.60 Å². The molecule has 0 radical (unpaired) electrons. The van der Waals surface area contributed by atoms with E-state index >= 15 is 0 Å². The third-order valence-corrected chi connectivity index (χ3v) is 70.3. The van der Waals surface area contributed by atoms with Gasteiger partial charge in [-0.2, -0.15) is 0 Å². The predicted molar refractivity (Wildman–Crippen MR) is 106 cm³/mol. The molecule has 3 heteroatoms. The first-order chi connectivity index (χ1) is 9.79. The van der Waals surface area contributed by atoms with Gasteiger partial charge in [-0.15, -0.1) is 0 Å².